The van der Waals surface area contributed by atoms with E-state index in [2.05, 4.69) is 10.2 Å². The van der Waals surface area contributed by atoms with Gasteiger partial charge >= 0.3 is 0 Å². The zero-order valence-electron chi connectivity index (χ0n) is 18.1. The second-order valence-corrected chi connectivity index (χ2v) is 8.15. The summed E-state index contributed by atoms with van der Waals surface area (Å²) in [5, 5.41) is 14.6. The summed E-state index contributed by atoms with van der Waals surface area (Å²) in [5.41, 5.74) is 2.30. The van der Waals surface area contributed by atoms with E-state index in [-0.39, 0.29) is 23.1 Å². The van der Waals surface area contributed by atoms with Crippen LogP contribution >= 0.6 is 0 Å². The molecule has 0 spiro atoms. The summed E-state index contributed by atoms with van der Waals surface area (Å²) in [4.78, 5) is 41.5. The highest BCUT2D eigenvalue weighted by molar-refractivity contribution is 6.05. The number of hydrogen-bond acceptors (Lipinski definition) is 6. The summed E-state index contributed by atoms with van der Waals surface area (Å²) in [5.74, 6) is -0.389. The summed E-state index contributed by atoms with van der Waals surface area (Å²) >= 11 is 0. The molecule has 2 aliphatic heterocycles. The topological polar surface area (TPSA) is 99.0 Å². The molecule has 0 bridgehead atoms. The van der Waals surface area contributed by atoms with E-state index in [1.54, 1.807) is 17.0 Å². The fourth-order valence-corrected chi connectivity index (χ4v) is 4.30. The lowest BCUT2D eigenvalue weighted by atomic mass is 10.1. The van der Waals surface area contributed by atoms with E-state index in [1.165, 1.54) is 13.0 Å². The third-order valence-electron chi connectivity index (χ3n) is 6.08. The molecule has 0 aliphatic carbocycles. The Morgan fingerprint density at radius 3 is 2.31 bits per heavy atom. The number of nitro benzene ring substituents is 1. The third-order valence-corrected chi connectivity index (χ3v) is 6.08. The molecule has 168 valence electrons. The number of hydrogen-bond donors (Lipinski definition) is 1. The maximum Gasteiger partial charge on any atom is 0.293 e. The van der Waals surface area contributed by atoms with Gasteiger partial charge in [0.2, 0.25) is 5.91 Å². The summed E-state index contributed by atoms with van der Waals surface area (Å²) in [6, 6.07) is 12.2. The number of nitrogens with zero attached hydrogens (tertiary/aromatic N) is 4. The maximum absolute atomic E-state index is 12.8. The number of nitro groups is 1. The Kier molecular flexibility index (Phi) is 6.25. The first-order chi connectivity index (χ1) is 15.4. The molecule has 2 fully saturated rings. The van der Waals surface area contributed by atoms with Crippen molar-refractivity contribution in [3.05, 3.63) is 58.1 Å². The minimum absolute atomic E-state index is 0.0000284. The summed E-state index contributed by atoms with van der Waals surface area (Å²) in [7, 11) is 0. The van der Waals surface area contributed by atoms with Crippen LogP contribution in [0.3, 0.4) is 0 Å². The van der Waals surface area contributed by atoms with E-state index in [4.69, 9.17) is 0 Å². The molecule has 2 aromatic carbocycles. The first kappa shape index (κ1) is 21.6. The quantitative estimate of drug-likeness (QED) is 0.570. The predicted molar refractivity (Wildman–Crippen MR) is 123 cm³/mol. The van der Waals surface area contributed by atoms with Crippen LogP contribution in [0.15, 0.2) is 42.5 Å². The van der Waals surface area contributed by atoms with Crippen LogP contribution in [0.5, 0.6) is 0 Å². The van der Waals surface area contributed by atoms with Crippen molar-refractivity contribution in [3.63, 3.8) is 0 Å². The van der Waals surface area contributed by atoms with Gasteiger partial charge in [0.15, 0.2) is 0 Å². The lowest BCUT2D eigenvalue weighted by molar-refractivity contribution is -0.384. The summed E-state index contributed by atoms with van der Waals surface area (Å²) in [6.45, 7) is 5.58. The number of nitrogens with one attached hydrogen (secondary N) is 1. The summed E-state index contributed by atoms with van der Waals surface area (Å²) in [6.07, 6.45) is 2.33. The average Bonchev–Trinajstić information content (AvgIpc) is 3.34. The van der Waals surface area contributed by atoms with E-state index in [0.29, 0.717) is 37.6 Å². The van der Waals surface area contributed by atoms with Crippen molar-refractivity contribution in [2.75, 3.05) is 54.4 Å². The van der Waals surface area contributed by atoms with Gasteiger partial charge in [0, 0.05) is 69.2 Å². The minimum atomic E-state index is -0.461. The van der Waals surface area contributed by atoms with Gasteiger partial charge in [-0.1, -0.05) is 6.07 Å². The summed E-state index contributed by atoms with van der Waals surface area (Å²) < 4.78 is 0. The number of anilines is 3. The molecule has 4 rings (SSSR count). The van der Waals surface area contributed by atoms with Gasteiger partial charge in [0.25, 0.3) is 11.6 Å². The van der Waals surface area contributed by atoms with Gasteiger partial charge in [-0.15, -0.1) is 0 Å². The molecule has 1 N–H and O–H groups in total. The van der Waals surface area contributed by atoms with Crippen LogP contribution in [0.25, 0.3) is 0 Å². The van der Waals surface area contributed by atoms with Crippen molar-refractivity contribution in [1.82, 2.24) is 4.90 Å². The molecule has 0 unspecified atom stereocenters. The standard InChI is InChI=1S/C23H27N5O4/c1-17(29)25-11-13-27(14-12-25)21-8-7-18(15-22(21)28(31)32)23(30)24-19-5-4-6-20(16-19)26-9-2-3-10-26/h4-8,15-16H,2-3,9-14H2,1H3,(H,24,30). The monoisotopic (exact) mass is 437 g/mol. The van der Waals surface area contributed by atoms with E-state index in [1.807, 2.05) is 29.2 Å². The van der Waals surface area contributed by atoms with E-state index >= 15 is 0 Å². The Morgan fingerprint density at radius 2 is 1.66 bits per heavy atom. The molecule has 9 nitrogen and oxygen atoms in total. The predicted octanol–water partition coefficient (Wildman–Crippen LogP) is 3.12. The van der Waals surface area contributed by atoms with Crippen molar-refractivity contribution >= 4 is 34.6 Å². The number of rotatable bonds is 5. The fraction of sp³-hybridized carbons (Fsp3) is 0.391. The highest BCUT2D eigenvalue weighted by atomic mass is 16.6. The van der Waals surface area contributed by atoms with Crippen LogP contribution in [0, 0.1) is 10.1 Å². The zero-order chi connectivity index (χ0) is 22.7. The lowest BCUT2D eigenvalue weighted by Gasteiger charge is -2.35. The van der Waals surface area contributed by atoms with Crippen LogP contribution in [0.1, 0.15) is 30.1 Å². The van der Waals surface area contributed by atoms with Gasteiger partial charge < -0.3 is 20.0 Å². The van der Waals surface area contributed by atoms with Crippen LogP contribution in [0.2, 0.25) is 0 Å². The van der Waals surface area contributed by atoms with Gasteiger partial charge in [0.1, 0.15) is 5.69 Å². The molecule has 9 heteroatoms. The smallest absolute Gasteiger partial charge is 0.293 e. The first-order valence-electron chi connectivity index (χ1n) is 10.9. The van der Waals surface area contributed by atoms with Crippen molar-refractivity contribution in [2.45, 2.75) is 19.8 Å². The number of carbonyl (C=O) groups is 2. The average molecular weight is 438 g/mol. The van der Waals surface area contributed by atoms with Crippen molar-refractivity contribution in [2.24, 2.45) is 0 Å². The van der Waals surface area contributed by atoms with Crippen LogP contribution in [0.4, 0.5) is 22.7 Å². The molecule has 0 radical (unpaired) electrons. The van der Waals surface area contributed by atoms with Crippen molar-refractivity contribution in [1.29, 1.82) is 0 Å². The van der Waals surface area contributed by atoms with E-state index in [0.717, 1.165) is 31.6 Å². The van der Waals surface area contributed by atoms with E-state index in [9.17, 15) is 19.7 Å². The van der Waals surface area contributed by atoms with Gasteiger partial charge in [-0.3, -0.25) is 19.7 Å². The largest absolute Gasteiger partial charge is 0.371 e. The Balaban J connectivity index is 1.50. The van der Waals surface area contributed by atoms with Crippen LogP contribution in [-0.2, 0) is 4.79 Å². The van der Waals surface area contributed by atoms with Crippen LogP contribution < -0.4 is 15.1 Å². The lowest BCUT2D eigenvalue weighted by Crippen LogP contribution is -2.48. The van der Waals surface area contributed by atoms with Crippen LogP contribution in [-0.4, -0.2) is 60.9 Å². The molecular weight excluding hydrogens is 410 g/mol. The van der Waals surface area contributed by atoms with Gasteiger partial charge in [0.05, 0.1) is 4.92 Å². The second kappa shape index (κ2) is 9.25. The number of piperazine rings is 1. The molecule has 2 saturated heterocycles. The normalized spacial score (nSPS) is 16.2. The number of amides is 2. The zero-order valence-corrected chi connectivity index (χ0v) is 18.1. The van der Waals surface area contributed by atoms with E-state index < -0.39 is 4.92 Å². The molecular formula is C23H27N5O4. The van der Waals surface area contributed by atoms with Gasteiger partial charge in [-0.2, -0.15) is 0 Å². The third kappa shape index (κ3) is 4.66. The Bertz CT molecular complexity index is 1030. The van der Waals surface area contributed by atoms with Gasteiger partial charge in [-0.25, -0.2) is 0 Å². The SMILES string of the molecule is CC(=O)N1CCN(c2ccc(C(=O)Nc3cccc(N4CCCC4)c3)cc2[N+](=O)[O-])CC1. The molecule has 0 aromatic heterocycles. The molecule has 2 aromatic rings. The van der Waals surface area contributed by atoms with Crippen molar-refractivity contribution < 1.29 is 14.5 Å². The van der Waals surface area contributed by atoms with Crippen molar-refractivity contribution in [3.8, 4) is 0 Å². The molecule has 0 atom stereocenters. The number of carbonyl (C=O) groups excluding carboxylic acids is 2. The number of benzene rings is 2. The highest BCUT2D eigenvalue weighted by Crippen LogP contribution is 2.31. The molecule has 32 heavy (non-hydrogen) atoms. The maximum atomic E-state index is 12.8. The molecule has 0 saturated carbocycles. The van der Waals surface area contributed by atoms with Gasteiger partial charge in [-0.05, 0) is 43.2 Å². The Hall–Kier alpha value is -3.62. The molecule has 2 heterocycles. The fourth-order valence-electron chi connectivity index (χ4n) is 4.30. The molecule has 2 amide bonds. The molecule has 2 aliphatic rings. The second-order valence-electron chi connectivity index (χ2n) is 8.15. The Labute approximate surface area is 186 Å². The highest BCUT2D eigenvalue weighted by Gasteiger charge is 2.26. The minimum Gasteiger partial charge on any atom is -0.371 e. The first-order valence-corrected chi connectivity index (χ1v) is 10.9. The Morgan fingerprint density at radius 1 is 0.938 bits per heavy atom.